The molecule has 3 heterocycles. The van der Waals surface area contributed by atoms with E-state index in [1.807, 2.05) is 35.2 Å². The molecule has 0 radical (unpaired) electrons. The maximum atomic E-state index is 13.3. The number of rotatable bonds is 6. The van der Waals surface area contributed by atoms with Crippen LogP contribution < -0.4 is 10.2 Å². The minimum Gasteiger partial charge on any atom is -0.353 e. The van der Waals surface area contributed by atoms with E-state index in [0.29, 0.717) is 50.3 Å². The lowest BCUT2D eigenvalue weighted by Gasteiger charge is -2.38. The zero-order valence-corrected chi connectivity index (χ0v) is 23.9. The summed E-state index contributed by atoms with van der Waals surface area (Å²) in [4.78, 5) is 29.6. The van der Waals surface area contributed by atoms with Crippen molar-refractivity contribution in [3.05, 3.63) is 78.0 Å². The minimum absolute atomic E-state index is 0.00910. The van der Waals surface area contributed by atoms with Crippen LogP contribution in [-0.4, -0.2) is 66.8 Å². The van der Waals surface area contributed by atoms with Crippen molar-refractivity contribution in [3.63, 3.8) is 0 Å². The fourth-order valence-corrected chi connectivity index (χ4v) is 6.85. The van der Waals surface area contributed by atoms with E-state index in [0.717, 1.165) is 11.4 Å². The first kappa shape index (κ1) is 27.8. The number of anilines is 2. The van der Waals surface area contributed by atoms with Gasteiger partial charge in [0, 0.05) is 43.6 Å². The summed E-state index contributed by atoms with van der Waals surface area (Å²) in [6.07, 6.45) is 2.38. The van der Waals surface area contributed by atoms with Crippen molar-refractivity contribution in [3.8, 4) is 0 Å². The molecule has 2 aliphatic rings. The lowest BCUT2D eigenvalue weighted by molar-refractivity contribution is -0.120. The van der Waals surface area contributed by atoms with Gasteiger partial charge in [-0.05, 0) is 72.4 Å². The second kappa shape index (κ2) is 11.0. The Morgan fingerprint density at radius 1 is 0.925 bits per heavy atom. The van der Waals surface area contributed by atoms with E-state index >= 15 is 0 Å². The Balaban J connectivity index is 1.13. The molecule has 3 aromatic rings. The van der Waals surface area contributed by atoms with Gasteiger partial charge < -0.3 is 15.1 Å². The molecule has 2 amide bonds. The molecule has 0 aliphatic carbocycles. The number of benzene rings is 2. The molecule has 1 N–H and O–H groups in total. The lowest BCUT2D eigenvalue weighted by Crippen LogP contribution is -2.52. The molecular weight excluding hydrogens is 526 g/mol. The highest BCUT2D eigenvalue weighted by atomic mass is 32.2. The summed E-state index contributed by atoms with van der Waals surface area (Å²) in [5.41, 5.74) is 2.34. The molecule has 2 aromatic carbocycles. The highest BCUT2D eigenvalue weighted by Crippen LogP contribution is 2.28. The predicted molar refractivity (Wildman–Crippen MR) is 154 cm³/mol. The molecule has 10 heteroatoms. The van der Waals surface area contributed by atoms with E-state index in [4.69, 9.17) is 0 Å². The van der Waals surface area contributed by atoms with Crippen molar-refractivity contribution in [1.29, 1.82) is 0 Å². The standard InChI is InChI=1S/C30H35N5O4S/c1-30(2,3)23-8-6-21(7-9-23)29(37)34-17-14-26(15-18-34)40(38,39)25-12-10-24(11-13-25)32-28(36)22-19-35(20-22)27-5-4-16-31-33-27/h4-13,16,22,26H,14-15,17-20H2,1-3H3,(H,32,36). The average Bonchev–Trinajstić information content (AvgIpc) is 2.92. The van der Waals surface area contributed by atoms with Gasteiger partial charge in [-0.2, -0.15) is 5.10 Å². The number of hydrogen-bond acceptors (Lipinski definition) is 7. The van der Waals surface area contributed by atoms with Crippen molar-refractivity contribution < 1.29 is 18.0 Å². The Morgan fingerprint density at radius 2 is 1.57 bits per heavy atom. The number of carbonyl (C=O) groups excluding carboxylic acids is 2. The van der Waals surface area contributed by atoms with E-state index in [1.165, 1.54) is 0 Å². The maximum Gasteiger partial charge on any atom is 0.253 e. The van der Waals surface area contributed by atoms with Crippen molar-refractivity contribution in [1.82, 2.24) is 15.1 Å². The molecule has 2 aliphatic heterocycles. The van der Waals surface area contributed by atoms with Crippen molar-refractivity contribution >= 4 is 33.2 Å². The van der Waals surface area contributed by atoms with Gasteiger partial charge in [0.2, 0.25) is 5.91 Å². The summed E-state index contributed by atoms with van der Waals surface area (Å²) in [5, 5.41) is 10.2. The molecular formula is C30H35N5O4S. The van der Waals surface area contributed by atoms with E-state index in [-0.39, 0.29) is 28.0 Å². The van der Waals surface area contributed by atoms with Crippen molar-refractivity contribution in [2.45, 2.75) is 49.2 Å². The van der Waals surface area contributed by atoms with E-state index in [9.17, 15) is 18.0 Å². The smallest absolute Gasteiger partial charge is 0.253 e. The first-order valence-corrected chi connectivity index (χ1v) is 15.1. The SMILES string of the molecule is CC(C)(C)c1ccc(C(=O)N2CCC(S(=O)(=O)c3ccc(NC(=O)C4CN(c5cccnn5)C4)cc3)CC2)cc1. The van der Waals surface area contributed by atoms with Gasteiger partial charge in [-0.3, -0.25) is 9.59 Å². The lowest BCUT2D eigenvalue weighted by atomic mass is 9.86. The summed E-state index contributed by atoms with van der Waals surface area (Å²) in [6.45, 7) is 8.29. The Bertz CT molecular complexity index is 1460. The third kappa shape index (κ3) is 5.86. The normalized spacial score (nSPS) is 16.9. The van der Waals surface area contributed by atoms with Gasteiger partial charge in [-0.15, -0.1) is 5.10 Å². The number of likely N-dealkylation sites (tertiary alicyclic amines) is 1. The summed E-state index contributed by atoms with van der Waals surface area (Å²) in [5.74, 6) is 0.393. The molecule has 0 bridgehead atoms. The molecule has 210 valence electrons. The van der Waals surface area contributed by atoms with Crippen LogP contribution in [0.15, 0.2) is 71.8 Å². The third-order valence-electron chi connectivity index (χ3n) is 7.75. The number of piperidine rings is 1. The molecule has 40 heavy (non-hydrogen) atoms. The molecule has 2 saturated heterocycles. The van der Waals surface area contributed by atoms with Crippen LogP contribution in [0.25, 0.3) is 0 Å². The van der Waals surface area contributed by atoms with Crippen LogP contribution in [0.5, 0.6) is 0 Å². The molecule has 5 rings (SSSR count). The van der Waals surface area contributed by atoms with Gasteiger partial charge in [0.15, 0.2) is 15.7 Å². The Morgan fingerprint density at radius 3 is 2.15 bits per heavy atom. The first-order valence-electron chi connectivity index (χ1n) is 13.6. The number of hydrogen-bond donors (Lipinski definition) is 1. The quantitative estimate of drug-likeness (QED) is 0.485. The van der Waals surface area contributed by atoms with Crippen LogP contribution in [0, 0.1) is 5.92 Å². The zero-order chi connectivity index (χ0) is 28.5. The highest BCUT2D eigenvalue weighted by Gasteiger charge is 2.35. The topological polar surface area (TPSA) is 113 Å². The second-order valence-electron chi connectivity index (χ2n) is 11.6. The molecule has 1 aromatic heterocycles. The van der Waals surface area contributed by atoms with Crippen LogP contribution in [0.4, 0.5) is 11.5 Å². The Hall–Kier alpha value is -3.79. The number of carbonyl (C=O) groups is 2. The maximum absolute atomic E-state index is 13.3. The van der Waals surface area contributed by atoms with Crippen LogP contribution >= 0.6 is 0 Å². The Labute approximate surface area is 235 Å². The molecule has 0 atom stereocenters. The summed E-state index contributed by atoms with van der Waals surface area (Å²) in [7, 11) is -3.56. The monoisotopic (exact) mass is 561 g/mol. The van der Waals surface area contributed by atoms with Gasteiger partial charge >= 0.3 is 0 Å². The van der Waals surface area contributed by atoms with Gasteiger partial charge in [-0.25, -0.2) is 8.42 Å². The van der Waals surface area contributed by atoms with Gasteiger partial charge in [0.25, 0.3) is 5.91 Å². The number of amides is 2. The van der Waals surface area contributed by atoms with E-state index in [2.05, 4.69) is 36.3 Å². The zero-order valence-electron chi connectivity index (χ0n) is 23.1. The van der Waals surface area contributed by atoms with Gasteiger partial charge in [-0.1, -0.05) is 32.9 Å². The third-order valence-corrected chi connectivity index (χ3v) is 10.0. The van der Waals surface area contributed by atoms with Crippen molar-refractivity contribution in [2.75, 3.05) is 36.4 Å². The summed E-state index contributed by atoms with van der Waals surface area (Å²) >= 11 is 0. The van der Waals surface area contributed by atoms with Crippen LogP contribution in [0.1, 0.15) is 49.5 Å². The predicted octanol–water partition coefficient (Wildman–Crippen LogP) is 3.93. The van der Waals surface area contributed by atoms with Crippen LogP contribution in [-0.2, 0) is 20.0 Å². The van der Waals surface area contributed by atoms with Crippen LogP contribution in [0.2, 0.25) is 0 Å². The minimum atomic E-state index is -3.56. The highest BCUT2D eigenvalue weighted by molar-refractivity contribution is 7.92. The molecule has 0 spiro atoms. The Kier molecular flexibility index (Phi) is 7.63. The van der Waals surface area contributed by atoms with E-state index in [1.54, 1.807) is 41.4 Å². The summed E-state index contributed by atoms with van der Waals surface area (Å²) in [6, 6.07) is 17.7. The van der Waals surface area contributed by atoms with Crippen molar-refractivity contribution in [2.24, 2.45) is 5.92 Å². The first-order chi connectivity index (χ1) is 19.0. The molecule has 0 saturated carbocycles. The largest absolute Gasteiger partial charge is 0.353 e. The number of nitrogens with one attached hydrogen (secondary N) is 1. The van der Waals surface area contributed by atoms with Gasteiger partial charge in [0.05, 0.1) is 16.1 Å². The number of sulfone groups is 1. The van der Waals surface area contributed by atoms with E-state index < -0.39 is 15.1 Å². The number of nitrogens with zero attached hydrogens (tertiary/aromatic N) is 4. The fourth-order valence-electron chi connectivity index (χ4n) is 5.12. The fraction of sp³-hybridized carbons (Fsp3) is 0.400. The molecule has 2 fully saturated rings. The number of aromatic nitrogens is 2. The second-order valence-corrected chi connectivity index (χ2v) is 13.8. The van der Waals surface area contributed by atoms with Crippen LogP contribution in [0.3, 0.4) is 0 Å². The summed E-state index contributed by atoms with van der Waals surface area (Å²) < 4.78 is 26.7. The molecule has 0 unspecified atom stereocenters. The average molecular weight is 562 g/mol. The van der Waals surface area contributed by atoms with Gasteiger partial charge in [0.1, 0.15) is 0 Å². The molecule has 9 nitrogen and oxygen atoms in total.